The second kappa shape index (κ2) is 3.70. The minimum absolute atomic E-state index is 0.541. The first-order chi connectivity index (χ1) is 6.42. The molecule has 14 heavy (non-hydrogen) atoms. The van der Waals surface area contributed by atoms with Crippen LogP contribution < -0.4 is 9.84 Å². The van der Waals surface area contributed by atoms with Gasteiger partial charge in [-0.05, 0) is 38.5 Å². The fourth-order valence-electron chi connectivity index (χ4n) is 1.02. The zero-order valence-electron chi connectivity index (χ0n) is 8.53. The Labute approximate surface area is 83.3 Å². The van der Waals surface area contributed by atoms with Crippen LogP contribution in [0.4, 0.5) is 0 Å². The lowest BCUT2D eigenvalue weighted by Gasteiger charge is -2.27. The number of aliphatic carboxylic acids is 1. The van der Waals surface area contributed by atoms with Gasteiger partial charge in [-0.3, -0.25) is 0 Å². The number of aryl methyl sites for hydroxylation is 1. The molecule has 0 fully saturated rings. The van der Waals surface area contributed by atoms with Gasteiger partial charge in [0.05, 0.1) is 5.97 Å². The van der Waals surface area contributed by atoms with Crippen LogP contribution >= 0.6 is 0 Å². The molecule has 0 N–H and O–H groups in total. The van der Waals surface area contributed by atoms with Crippen LogP contribution in [0.25, 0.3) is 0 Å². The molecule has 0 saturated heterocycles. The summed E-state index contributed by atoms with van der Waals surface area (Å²) in [6.45, 7) is 4.84. The summed E-state index contributed by atoms with van der Waals surface area (Å²) in [6.07, 6.45) is 0. The number of benzene rings is 1. The van der Waals surface area contributed by atoms with Crippen molar-refractivity contribution in [2.45, 2.75) is 26.4 Å². The molecule has 0 bridgehead atoms. The lowest BCUT2D eigenvalue weighted by atomic mass is 10.1. The largest absolute Gasteiger partial charge is 0.546 e. The van der Waals surface area contributed by atoms with Gasteiger partial charge >= 0.3 is 0 Å². The van der Waals surface area contributed by atoms with Gasteiger partial charge in [0.25, 0.3) is 0 Å². The maximum atomic E-state index is 10.7. The number of hydrogen-bond donors (Lipinski definition) is 0. The molecule has 0 aliphatic rings. The van der Waals surface area contributed by atoms with E-state index in [4.69, 9.17) is 4.74 Å². The molecule has 0 saturated carbocycles. The quantitative estimate of drug-likeness (QED) is 0.716. The van der Waals surface area contributed by atoms with Crippen molar-refractivity contribution in [3.8, 4) is 5.75 Å². The van der Waals surface area contributed by atoms with Crippen LogP contribution in [0.5, 0.6) is 5.75 Å². The van der Waals surface area contributed by atoms with Crippen LogP contribution in [-0.4, -0.2) is 11.6 Å². The third kappa shape index (κ3) is 2.49. The Morgan fingerprint density at radius 2 is 2.07 bits per heavy atom. The first kappa shape index (κ1) is 10.6. The van der Waals surface area contributed by atoms with E-state index in [0.717, 1.165) is 5.56 Å². The highest BCUT2D eigenvalue weighted by Crippen LogP contribution is 2.18. The van der Waals surface area contributed by atoms with Gasteiger partial charge < -0.3 is 14.6 Å². The topological polar surface area (TPSA) is 49.4 Å². The molecule has 0 heterocycles. The normalized spacial score (nSPS) is 11.1. The molecule has 76 valence electrons. The number of hydrogen-bond acceptors (Lipinski definition) is 3. The molecule has 1 rings (SSSR count). The Bertz CT molecular complexity index is 342. The number of rotatable bonds is 3. The Kier molecular flexibility index (Phi) is 2.79. The molecule has 0 aromatic heterocycles. The molecule has 1 aromatic carbocycles. The van der Waals surface area contributed by atoms with Crippen molar-refractivity contribution in [2.75, 3.05) is 0 Å². The summed E-state index contributed by atoms with van der Waals surface area (Å²) < 4.78 is 5.28. The molecule has 1 aromatic rings. The number of carboxylic acids is 1. The average molecular weight is 193 g/mol. The molecule has 0 aliphatic carbocycles. The van der Waals surface area contributed by atoms with E-state index < -0.39 is 11.6 Å². The van der Waals surface area contributed by atoms with E-state index in [9.17, 15) is 9.90 Å². The van der Waals surface area contributed by atoms with E-state index in [1.165, 1.54) is 13.8 Å². The van der Waals surface area contributed by atoms with Crippen molar-refractivity contribution in [1.29, 1.82) is 0 Å². The van der Waals surface area contributed by atoms with Crippen LogP contribution in [-0.2, 0) is 4.79 Å². The van der Waals surface area contributed by atoms with E-state index in [1.54, 1.807) is 12.1 Å². The fourth-order valence-corrected chi connectivity index (χ4v) is 1.02. The highest BCUT2D eigenvalue weighted by molar-refractivity contribution is 5.74. The van der Waals surface area contributed by atoms with Crippen molar-refractivity contribution in [2.24, 2.45) is 0 Å². The summed E-state index contributed by atoms with van der Waals surface area (Å²) in [4.78, 5) is 10.7. The molecule has 0 unspecified atom stereocenters. The van der Waals surface area contributed by atoms with Crippen molar-refractivity contribution < 1.29 is 14.6 Å². The van der Waals surface area contributed by atoms with E-state index >= 15 is 0 Å². The average Bonchev–Trinajstić information content (AvgIpc) is 2.02. The Morgan fingerprint density at radius 3 is 2.57 bits per heavy atom. The Hall–Kier alpha value is -1.51. The maximum absolute atomic E-state index is 10.7. The smallest absolute Gasteiger partial charge is 0.143 e. The molecule has 3 nitrogen and oxygen atoms in total. The summed E-state index contributed by atoms with van der Waals surface area (Å²) in [5.74, 6) is -0.682. The molecule has 0 aliphatic heterocycles. The van der Waals surface area contributed by atoms with Gasteiger partial charge in [-0.15, -0.1) is 0 Å². The fraction of sp³-hybridized carbons (Fsp3) is 0.364. The first-order valence-electron chi connectivity index (χ1n) is 4.39. The van der Waals surface area contributed by atoms with Crippen LogP contribution in [0.15, 0.2) is 24.3 Å². The Balaban J connectivity index is 2.83. The van der Waals surface area contributed by atoms with E-state index in [1.807, 2.05) is 19.1 Å². The third-order valence-electron chi connectivity index (χ3n) is 1.85. The Morgan fingerprint density at radius 1 is 1.43 bits per heavy atom. The second-order valence-corrected chi connectivity index (χ2v) is 3.72. The molecule has 3 heteroatoms. The zero-order chi connectivity index (χ0) is 10.8. The molecule has 0 atom stereocenters. The molecular weight excluding hydrogens is 180 g/mol. The number of ether oxygens (including phenoxy) is 1. The maximum Gasteiger partial charge on any atom is 0.143 e. The van der Waals surface area contributed by atoms with Crippen molar-refractivity contribution in [3.05, 3.63) is 29.8 Å². The third-order valence-corrected chi connectivity index (χ3v) is 1.85. The molecular formula is C11H13O3-. The molecule has 0 amide bonds. The van der Waals surface area contributed by atoms with Crippen LogP contribution in [0.3, 0.4) is 0 Å². The predicted octanol–water partition coefficient (Wildman–Crippen LogP) is 0.902. The van der Waals surface area contributed by atoms with Gasteiger partial charge in [0.2, 0.25) is 0 Å². The molecule has 0 radical (unpaired) electrons. The first-order valence-corrected chi connectivity index (χ1v) is 4.39. The second-order valence-electron chi connectivity index (χ2n) is 3.72. The van der Waals surface area contributed by atoms with Crippen molar-refractivity contribution in [3.63, 3.8) is 0 Å². The van der Waals surface area contributed by atoms with Gasteiger partial charge in [-0.2, -0.15) is 0 Å². The minimum Gasteiger partial charge on any atom is -0.546 e. The van der Waals surface area contributed by atoms with E-state index in [0.29, 0.717) is 5.75 Å². The van der Waals surface area contributed by atoms with Gasteiger partial charge in [0.1, 0.15) is 11.4 Å². The minimum atomic E-state index is -1.30. The molecule has 0 spiro atoms. The van der Waals surface area contributed by atoms with Crippen molar-refractivity contribution in [1.82, 2.24) is 0 Å². The highest BCUT2D eigenvalue weighted by atomic mass is 16.5. The summed E-state index contributed by atoms with van der Waals surface area (Å²) in [5, 5.41) is 10.7. The lowest BCUT2D eigenvalue weighted by molar-refractivity contribution is -0.320. The number of carbonyl (C=O) groups excluding carboxylic acids is 1. The summed E-state index contributed by atoms with van der Waals surface area (Å²) >= 11 is 0. The number of carbonyl (C=O) groups is 1. The van der Waals surface area contributed by atoms with E-state index in [-0.39, 0.29) is 0 Å². The van der Waals surface area contributed by atoms with Gasteiger partial charge in [-0.25, -0.2) is 0 Å². The SMILES string of the molecule is Cc1cccc(OC(C)(C)C(=O)[O-])c1. The summed E-state index contributed by atoms with van der Waals surface area (Å²) in [6, 6.07) is 7.23. The summed E-state index contributed by atoms with van der Waals surface area (Å²) in [5.41, 5.74) is -0.273. The highest BCUT2D eigenvalue weighted by Gasteiger charge is 2.21. The zero-order valence-corrected chi connectivity index (χ0v) is 8.53. The predicted molar refractivity (Wildman–Crippen MR) is 50.9 cm³/mol. The monoisotopic (exact) mass is 193 g/mol. The lowest BCUT2D eigenvalue weighted by Crippen LogP contribution is -2.47. The number of carboxylic acid groups (broad SMARTS) is 1. The van der Waals surface area contributed by atoms with Crippen LogP contribution in [0, 0.1) is 6.92 Å². The van der Waals surface area contributed by atoms with Gasteiger partial charge in [-0.1, -0.05) is 12.1 Å². The van der Waals surface area contributed by atoms with Crippen molar-refractivity contribution >= 4 is 5.97 Å². The van der Waals surface area contributed by atoms with Gasteiger partial charge in [0.15, 0.2) is 0 Å². The summed E-state index contributed by atoms with van der Waals surface area (Å²) in [7, 11) is 0. The van der Waals surface area contributed by atoms with Crippen LogP contribution in [0.1, 0.15) is 19.4 Å². The van der Waals surface area contributed by atoms with E-state index in [2.05, 4.69) is 0 Å². The van der Waals surface area contributed by atoms with Crippen LogP contribution in [0.2, 0.25) is 0 Å². The standard InChI is InChI=1S/C11H14O3/c1-8-5-4-6-9(7-8)14-11(2,3)10(12)13/h4-7H,1-3H3,(H,12,13)/p-1. The van der Waals surface area contributed by atoms with Gasteiger partial charge in [0, 0.05) is 0 Å².